The number of para-hydroxylation sites is 2. The maximum atomic E-state index is 7.00. The zero-order chi connectivity index (χ0) is 49.2. The lowest BCUT2D eigenvalue weighted by Gasteiger charge is -2.41. The number of furan rings is 1. The van der Waals surface area contributed by atoms with E-state index in [0.717, 1.165) is 39.0 Å². The van der Waals surface area contributed by atoms with Crippen LogP contribution in [0.4, 0.5) is 34.1 Å². The van der Waals surface area contributed by atoms with E-state index in [9.17, 15) is 0 Å². The molecule has 5 heterocycles. The molecule has 0 saturated carbocycles. The highest BCUT2D eigenvalue weighted by Gasteiger charge is 2.44. The van der Waals surface area contributed by atoms with E-state index in [1.54, 1.807) is 0 Å². The van der Waals surface area contributed by atoms with Gasteiger partial charge in [0.05, 0.1) is 11.2 Å². The van der Waals surface area contributed by atoms with Gasteiger partial charge in [-0.05, 0) is 147 Å². The minimum absolute atomic E-state index is 0.0184. The molecule has 8 aromatic carbocycles. The van der Waals surface area contributed by atoms with Gasteiger partial charge in [0.1, 0.15) is 10.4 Å². The molecule has 0 fully saturated rings. The number of benzene rings is 8. The van der Waals surface area contributed by atoms with Gasteiger partial charge in [0, 0.05) is 65.8 Å². The average molecular weight is 942 g/mol. The number of aryl methyl sites for hydroxylation is 3. The first-order valence-electron chi connectivity index (χ1n) is 25.4. The van der Waals surface area contributed by atoms with Crippen LogP contribution in [0.2, 0.25) is 0 Å². The van der Waals surface area contributed by atoms with Crippen LogP contribution < -0.4 is 26.2 Å². The molecule has 11 aromatic rings. The van der Waals surface area contributed by atoms with E-state index in [0.29, 0.717) is 0 Å². The van der Waals surface area contributed by atoms with Crippen molar-refractivity contribution in [2.75, 3.05) is 9.80 Å². The minimum atomic E-state index is -0.0764. The van der Waals surface area contributed by atoms with E-state index in [-0.39, 0.29) is 23.0 Å². The summed E-state index contributed by atoms with van der Waals surface area (Å²) in [6.07, 6.45) is 0. The molecule has 350 valence electrons. The van der Waals surface area contributed by atoms with Gasteiger partial charge in [-0.25, -0.2) is 0 Å². The maximum Gasteiger partial charge on any atom is 0.252 e. The summed E-state index contributed by atoms with van der Waals surface area (Å²) in [6.45, 7) is 27.7. The van der Waals surface area contributed by atoms with Crippen molar-refractivity contribution in [3.8, 4) is 5.69 Å². The summed E-state index contributed by atoms with van der Waals surface area (Å²) in [5.41, 5.74) is 22.9. The molecule has 0 atom stereocenters. The Hall–Kier alpha value is -7.02. The summed E-state index contributed by atoms with van der Waals surface area (Å²) in [7, 11) is 0. The van der Waals surface area contributed by atoms with Gasteiger partial charge in [0.2, 0.25) is 0 Å². The predicted octanol–water partition coefficient (Wildman–Crippen LogP) is 16.8. The zero-order valence-corrected chi connectivity index (χ0v) is 43.9. The fraction of sp³-hybridized carbons (Fsp3) is 0.231. The number of anilines is 6. The molecular weight excluding hydrogens is 882 g/mol. The van der Waals surface area contributed by atoms with E-state index in [1.807, 2.05) is 11.3 Å². The Balaban J connectivity index is 1.15. The van der Waals surface area contributed by atoms with Crippen LogP contribution in [0.25, 0.3) is 58.8 Å². The largest absolute Gasteiger partial charge is 0.454 e. The van der Waals surface area contributed by atoms with Crippen molar-refractivity contribution in [3.05, 3.63) is 179 Å². The quantitative estimate of drug-likeness (QED) is 0.164. The van der Waals surface area contributed by atoms with Crippen molar-refractivity contribution in [3.63, 3.8) is 0 Å². The lowest BCUT2D eigenvalue weighted by molar-refractivity contribution is 0.590. The van der Waals surface area contributed by atoms with Crippen molar-refractivity contribution in [1.82, 2.24) is 4.57 Å². The summed E-state index contributed by atoms with van der Waals surface area (Å²) < 4.78 is 11.0. The first-order chi connectivity index (χ1) is 33.8. The molecule has 4 nitrogen and oxygen atoms in total. The Morgan fingerprint density at radius 2 is 1.14 bits per heavy atom. The lowest BCUT2D eigenvalue weighted by atomic mass is 9.33. The topological polar surface area (TPSA) is 24.6 Å². The first-order valence-corrected chi connectivity index (χ1v) is 26.2. The third-order valence-corrected chi connectivity index (χ3v) is 16.9. The van der Waals surface area contributed by atoms with Gasteiger partial charge in [0.15, 0.2) is 5.58 Å². The molecule has 2 aliphatic rings. The normalized spacial score (nSPS) is 13.6. The third-order valence-electron chi connectivity index (χ3n) is 15.7. The molecule has 13 rings (SSSR count). The summed E-state index contributed by atoms with van der Waals surface area (Å²) >= 11 is 1.92. The van der Waals surface area contributed by atoms with Crippen LogP contribution in [0.5, 0.6) is 0 Å². The second-order valence-electron chi connectivity index (χ2n) is 23.6. The van der Waals surface area contributed by atoms with Crippen LogP contribution in [-0.4, -0.2) is 11.3 Å². The number of aromatic nitrogens is 1. The van der Waals surface area contributed by atoms with Gasteiger partial charge in [-0.15, -0.1) is 11.3 Å². The van der Waals surface area contributed by atoms with E-state index < -0.39 is 0 Å². The number of nitrogens with zero attached hydrogens (tertiary/aromatic N) is 3. The molecule has 0 unspecified atom stereocenters. The van der Waals surface area contributed by atoms with Crippen LogP contribution in [0.3, 0.4) is 0 Å². The van der Waals surface area contributed by atoms with Crippen molar-refractivity contribution in [2.24, 2.45) is 0 Å². The van der Waals surface area contributed by atoms with E-state index in [4.69, 9.17) is 4.42 Å². The van der Waals surface area contributed by atoms with E-state index in [2.05, 4.69) is 243 Å². The van der Waals surface area contributed by atoms with Gasteiger partial charge in [-0.2, -0.15) is 0 Å². The fourth-order valence-electron chi connectivity index (χ4n) is 12.0. The summed E-state index contributed by atoms with van der Waals surface area (Å²) in [5.74, 6) is 0. The second kappa shape index (κ2) is 15.0. The summed E-state index contributed by atoms with van der Waals surface area (Å²) in [5, 5.41) is 6.27. The van der Waals surface area contributed by atoms with E-state index >= 15 is 0 Å². The molecule has 0 radical (unpaired) electrons. The number of hydrogen-bond acceptors (Lipinski definition) is 4. The monoisotopic (exact) mass is 941 g/mol. The van der Waals surface area contributed by atoms with Gasteiger partial charge in [-0.3, -0.25) is 0 Å². The highest BCUT2D eigenvalue weighted by atomic mass is 32.1. The van der Waals surface area contributed by atoms with Gasteiger partial charge in [-0.1, -0.05) is 147 Å². The SMILES string of the molecule is Cc1cc2c3c(c1)-n1c4sc5ccccc5c4c4cc(C(C)(C)C)cc(c41)B3c1ccc(N(c3ccc(C(C)(C)C)cc3C)c3ccc(C(C)(C)C)cc3C)cc1N2c1cccc2c1oc1ccccc12. The molecule has 0 spiro atoms. The van der Waals surface area contributed by atoms with Crippen LogP contribution in [0.15, 0.2) is 150 Å². The van der Waals surface area contributed by atoms with Crippen LogP contribution in [0.1, 0.15) is 95.7 Å². The third kappa shape index (κ3) is 6.49. The van der Waals surface area contributed by atoms with Crippen LogP contribution in [0, 0.1) is 20.8 Å². The van der Waals surface area contributed by atoms with Gasteiger partial charge in [0.25, 0.3) is 6.71 Å². The second-order valence-corrected chi connectivity index (χ2v) is 24.7. The first kappa shape index (κ1) is 44.0. The van der Waals surface area contributed by atoms with Crippen LogP contribution in [-0.2, 0) is 16.2 Å². The van der Waals surface area contributed by atoms with Crippen molar-refractivity contribution in [1.29, 1.82) is 0 Å². The van der Waals surface area contributed by atoms with Gasteiger partial charge < -0.3 is 18.8 Å². The highest BCUT2D eigenvalue weighted by molar-refractivity contribution is 7.26. The smallest absolute Gasteiger partial charge is 0.252 e. The maximum absolute atomic E-state index is 7.00. The Morgan fingerprint density at radius 1 is 0.507 bits per heavy atom. The highest BCUT2D eigenvalue weighted by Crippen LogP contribution is 2.50. The molecule has 6 heteroatoms. The molecule has 3 aromatic heterocycles. The Kier molecular flexibility index (Phi) is 9.29. The fourth-order valence-corrected chi connectivity index (χ4v) is 13.2. The Labute approximate surface area is 422 Å². The predicted molar refractivity (Wildman–Crippen MR) is 308 cm³/mol. The zero-order valence-electron chi connectivity index (χ0n) is 43.1. The standard InChI is InChI=1S/C65H60BN3OS/c1-37-30-54-59-55(31-37)69-60-47(58-46-19-14-16-23-57(46)71-62(58)69)34-42(65(10,11)12)35-49(60)66(59)48-27-26-43(36-53(48)68(54)52-21-17-20-45-44-18-13-15-22-56(44)70-61(45)52)67(50-28-24-40(32-38(50)2)63(4,5)6)51-29-25-41(33-39(51)3)64(7,8)9/h13-36H,1-12H3. The number of rotatable bonds is 4. The van der Waals surface area contributed by atoms with Crippen molar-refractivity contribution < 1.29 is 4.42 Å². The molecule has 0 aliphatic carbocycles. The molecule has 0 bridgehead atoms. The Morgan fingerprint density at radius 3 is 1.82 bits per heavy atom. The van der Waals surface area contributed by atoms with Gasteiger partial charge >= 0.3 is 0 Å². The molecule has 0 amide bonds. The number of fused-ring (bicyclic) bond motifs is 12. The van der Waals surface area contributed by atoms with Crippen LogP contribution >= 0.6 is 11.3 Å². The molecular formula is C65H60BN3OS. The van der Waals surface area contributed by atoms with Crippen molar-refractivity contribution >= 4 is 122 Å². The lowest BCUT2D eigenvalue weighted by Crippen LogP contribution is -2.60. The molecule has 0 saturated heterocycles. The molecule has 71 heavy (non-hydrogen) atoms. The number of thiophene rings is 1. The summed E-state index contributed by atoms with van der Waals surface area (Å²) in [4.78, 5) is 6.38. The molecule has 0 N–H and O–H groups in total. The van der Waals surface area contributed by atoms with Crippen molar-refractivity contribution in [2.45, 2.75) is 99.3 Å². The van der Waals surface area contributed by atoms with E-state index in [1.165, 1.54) is 104 Å². The minimum Gasteiger partial charge on any atom is -0.454 e. The Bertz CT molecular complexity index is 4000. The molecule has 2 aliphatic heterocycles. The average Bonchev–Trinajstić information content (AvgIpc) is 4.00. The number of hydrogen-bond donors (Lipinski definition) is 0. The summed E-state index contributed by atoms with van der Waals surface area (Å²) in [6, 6.07) is 55.6.